The molecular formula is C12H16N4. The molecule has 0 saturated carbocycles. The van der Waals surface area contributed by atoms with Gasteiger partial charge in [-0.25, -0.2) is 0 Å². The number of hydrogen-bond acceptors (Lipinski definition) is 3. The highest BCUT2D eigenvalue weighted by molar-refractivity contribution is 5.63. The standard InChI is InChI=1S/C12H16N4/c1-9-11(8-13-2)16(3)15-12(9)10-4-6-14-7-5-10/h4-7,13H,8H2,1-3H3. The summed E-state index contributed by atoms with van der Waals surface area (Å²) >= 11 is 0. The average molecular weight is 216 g/mol. The number of rotatable bonds is 3. The van der Waals surface area contributed by atoms with Gasteiger partial charge in [-0.2, -0.15) is 5.10 Å². The van der Waals surface area contributed by atoms with Crippen LogP contribution in [0.25, 0.3) is 11.3 Å². The second kappa shape index (κ2) is 4.45. The molecule has 84 valence electrons. The first-order valence-corrected chi connectivity index (χ1v) is 5.31. The quantitative estimate of drug-likeness (QED) is 0.845. The molecule has 16 heavy (non-hydrogen) atoms. The van der Waals surface area contributed by atoms with Gasteiger partial charge in [-0.3, -0.25) is 9.67 Å². The van der Waals surface area contributed by atoms with Crippen molar-refractivity contribution in [3.63, 3.8) is 0 Å². The normalized spacial score (nSPS) is 10.7. The van der Waals surface area contributed by atoms with E-state index in [1.165, 1.54) is 11.3 Å². The van der Waals surface area contributed by atoms with Crippen molar-refractivity contribution in [3.8, 4) is 11.3 Å². The summed E-state index contributed by atoms with van der Waals surface area (Å²) in [5, 5.41) is 7.71. The Morgan fingerprint density at radius 3 is 2.62 bits per heavy atom. The molecule has 0 amide bonds. The Kier molecular flexibility index (Phi) is 3.01. The number of pyridine rings is 1. The predicted octanol–water partition coefficient (Wildman–Crippen LogP) is 1.51. The molecule has 0 fully saturated rings. The minimum Gasteiger partial charge on any atom is -0.314 e. The molecule has 4 nitrogen and oxygen atoms in total. The maximum Gasteiger partial charge on any atom is 0.0956 e. The van der Waals surface area contributed by atoms with Crippen LogP contribution in [0.2, 0.25) is 0 Å². The van der Waals surface area contributed by atoms with E-state index in [-0.39, 0.29) is 0 Å². The van der Waals surface area contributed by atoms with Crippen LogP contribution < -0.4 is 5.32 Å². The van der Waals surface area contributed by atoms with Crippen molar-refractivity contribution in [1.29, 1.82) is 0 Å². The van der Waals surface area contributed by atoms with E-state index in [4.69, 9.17) is 0 Å². The van der Waals surface area contributed by atoms with Crippen LogP contribution in [-0.4, -0.2) is 21.8 Å². The summed E-state index contributed by atoms with van der Waals surface area (Å²) in [6.45, 7) is 2.94. The molecule has 2 heterocycles. The van der Waals surface area contributed by atoms with E-state index in [2.05, 4.69) is 22.3 Å². The van der Waals surface area contributed by atoms with Crippen LogP contribution in [0.4, 0.5) is 0 Å². The van der Waals surface area contributed by atoms with Crippen molar-refractivity contribution in [2.24, 2.45) is 7.05 Å². The minimum atomic E-state index is 0.834. The molecule has 0 aliphatic heterocycles. The summed E-state index contributed by atoms with van der Waals surface area (Å²) in [6, 6.07) is 3.97. The van der Waals surface area contributed by atoms with Gasteiger partial charge < -0.3 is 5.32 Å². The summed E-state index contributed by atoms with van der Waals surface area (Å²) < 4.78 is 1.93. The lowest BCUT2D eigenvalue weighted by atomic mass is 10.1. The number of aromatic nitrogens is 3. The highest BCUT2D eigenvalue weighted by Crippen LogP contribution is 2.23. The molecule has 0 bridgehead atoms. The molecule has 0 spiro atoms. The molecule has 0 radical (unpaired) electrons. The highest BCUT2D eigenvalue weighted by Gasteiger charge is 2.12. The van der Waals surface area contributed by atoms with Crippen molar-refractivity contribution >= 4 is 0 Å². The molecule has 0 atom stereocenters. The Hall–Kier alpha value is -1.68. The van der Waals surface area contributed by atoms with Gasteiger partial charge in [-0.15, -0.1) is 0 Å². The molecule has 0 aliphatic rings. The Morgan fingerprint density at radius 2 is 2.00 bits per heavy atom. The first kappa shape index (κ1) is 10.8. The van der Waals surface area contributed by atoms with Gasteiger partial charge in [-0.05, 0) is 31.7 Å². The van der Waals surface area contributed by atoms with Crippen molar-refractivity contribution < 1.29 is 0 Å². The van der Waals surface area contributed by atoms with Gasteiger partial charge in [0.05, 0.1) is 11.4 Å². The fourth-order valence-corrected chi connectivity index (χ4v) is 1.86. The van der Waals surface area contributed by atoms with E-state index in [0.717, 1.165) is 17.8 Å². The lowest BCUT2D eigenvalue weighted by Gasteiger charge is -2.01. The summed E-state index contributed by atoms with van der Waals surface area (Å²) in [5.74, 6) is 0. The van der Waals surface area contributed by atoms with Crippen molar-refractivity contribution in [3.05, 3.63) is 35.8 Å². The van der Waals surface area contributed by atoms with E-state index in [1.807, 2.05) is 30.9 Å². The van der Waals surface area contributed by atoms with E-state index in [9.17, 15) is 0 Å². The fraction of sp³-hybridized carbons (Fsp3) is 0.333. The van der Waals surface area contributed by atoms with E-state index < -0.39 is 0 Å². The third kappa shape index (κ3) is 1.84. The number of nitrogens with zero attached hydrogens (tertiary/aromatic N) is 3. The van der Waals surface area contributed by atoms with Crippen molar-refractivity contribution in [2.75, 3.05) is 7.05 Å². The van der Waals surface area contributed by atoms with Crippen LogP contribution in [0.1, 0.15) is 11.3 Å². The van der Waals surface area contributed by atoms with Gasteiger partial charge in [0, 0.05) is 31.5 Å². The Balaban J connectivity index is 2.47. The van der Waals surface area contributed by atoms with Crippen molar-refractivity contribution in [1.82, 2.24) is 20.1 Å². The summed E-state index contributed by atoms with van der Waals surface area (Å²) in [5.41, 5.74) is 4.60. The largest absolute Gasteiger partial charge is 0.314 e. The van der Waals surface area contributed by atoms with Crippen LogP contribution in [-0.2, 0) is 13.6 Å². The number of nitrogens with one attached hydrogen (secondary N) is 1. The zero-order valence-electron chi connectivity index (χ0n) is 9.86. The Bertz CT molecular complexity index is 473. The van der Waals surface area contributed by atoms with E-state index >= 15 is 0 Å². The highest BCUT2D eigenvalue weighted by atomic mass is 15.3. The predicted molar refractivity (Wildman–Crippen MR) is 63.9 cm³/mol. The van der Waals surface area contributed by atoms with E-state index in [0.29, 0.717) is 0 Å². The molecule has 2 aromatic rings. The van der Waals surface area contributed by atoms with Gasteiger partial charge in [0.15, 0.2) is 0 Å². The van der Waals surface area contributed by atoms with Crippen LogP contribution in [0, 0.1) is 6.92 Å². The lowest BCUT2D eigenvalue weighted by molar-refractivity contribution is 0.671. The summed E-state index contributed by atoms with van der Waals surface area (Å²) in [6.07, 6.45) is 3.59. The summed E-state index contributed by atoms with van der Waals surface area (Å²) in [7, 11) is 3.92. The van der Waals surface area contributed by atoms with Gasteiger partial charge in [0.2, 0.25) is 0 Å². The van der Waals surface area contributed by atoms with Gasteiger partial charge in [0.25, 0.3) is 0 Å². The monoisotopic (exact) mass is 216 g/mol. The molecule has 2 rings (SSSR count). The maximum atomic E-state index is 4.55. The van der Waals surface area contributed by atoms with Crippen LogP contribution >= 0.6 is 0 Å². The smallest absolute Gasteiger partial charge is 0.0956 e. The van der Waals surface area contributed by atoms with Gasteiger partial charge in [0.1, 0.15) is 0 Å². The fourth-order valence-electron chi connectivity index (χ4n) is 1.86. The Morgan fingerprint density at radius 1 is 1.31 bits per heavy atom. The Labute approximate surface area is 95.3 Å². The minimum absolute atomic E-state index is 0.834. The third-order valence-corrected chi connectivity index (χ3v) is 2.73. The summed E-state index contributed by atoms with van der Waals surface area (Å²) in [4.78, 5) is 4.02. The second-order valence-corrected chi connectivity index (χ2v) is 3.81. The average Bonchev–Trinajstić information content (AvgIpc) is 2.59. The SMILES string of the molecule is CNCc1c(C)c(-c2ccncc2)nn1C. The number of aryl methyl sites for hydroxylation is 1. The van der Waals surface area contributed by atoms with Crippen LogP contribution in [0.3, 0.4) is 0 Å². The zero-order chi connectivity index (χ0) is 11.5. The molecule has 2 aromatic heterocycles. The topological polar surface area (TPSA) is 42.7 Å². The molecule has 0 aromatic carbocycles. The van der Waals surface area contributed by atoms with E-state index in [1.54, 1.807) is 12.4 Å². The molecule has 4 heteroatoms. The number of hydrogen-bond donors (Lipinski definition) is 1. The molecule has 0 aliphatic carbocycles. The maximum absolute atomic E-state index is 4.55. The first-order valence-electron chi connectivity index (χ1n) is 5.31. The molecule has 1 N–H and O–H groups in total. The van der Waals surface area contributed by atoms with Crippen molar-refractivity contribution in [2.45, 2.75) is 13.5 Å². The molecular weight excluding hydrogens is 200 g/mol. The second-order valence-electron chi connectivity index (χ2n) is 3.81. The third-order valence-electron chi connectivity index (χ3n) is 2.73. The molecule has 0 saturated heterocycles. The zero-order valence-corrected chi connectivity index (χ0v) is 9.86. The lowest BCUT2D eigenvalue weighted by Crippen LogP contribution is -2.10. The first-order chi connectivity index (χ1) is 7.74. The van der Waals surface area contributed by atoms with Crippen LogP contribution in [0.15, 0.2) is 24.5 Å². The van der Waals surface area contributed by atoms with Crippen LogP contribution in [0.5, 0.6) is 0 Å². The molecule has 0 unspecified atom stereocenters. The van der Waals surface area contributed by atoms with Gasteiger partial charge >= 0.3 is 0 Å². The van der Waals surface area contributed by atoms with Gasteiger partial charge in [-0.1, -0.05) is 0 Å².